The minimum Gasteiger partial charge on any atom is -0.376 e. The van der Waals surface area contributed by atoms with E-state index in [-0.39, 0.29) is 17.6 Å². The van der Waals surface area contributed by atoms with Crippen LogP contribution in [0.3, 0.4) is 0 Å². The molecule has 1 atom stereocenters. The lowest BCUT2D eigenvalue weighted by Crippen LogP contribution is -2.26. The Morgan fingerprint density at radius 1 is 1.14 bits per heavy atom. The summed E-state index contributed by atoms with van der Waals surface area (Å²) in [6.45, 7) is 5.90. The van der Waals surface area contributed by atoms with E-state index in [0.29, 0.717) is 10.2 Å². The van der Waals surface area contributed by atoms with Crippen molar-refractivity contribution in [1.29, 1.82) is 0 Å². The molecule has 0 amide bonds. The Kier molecular flexibility index (Phi) is 5.22. The van der Waals surface area contributed by atoms with Crippen LogP contribution in [0.15, 0.2) is 44.2 Å². The molecule has 0 aliphatic heterocycles. The third-order valence-electron chi connectivity index (χ3n) is 3.17. The van der Waals surface area contributed by atoms with Crippen molar-refractivity contribution in [3.05, 3.63) is 55.3 Å². The van der Waals surface area contributed by atoms with Gasteiger partial charge in [0.25, 0.3) is 5.56 Å². The third kappa shape index (κ3) is 3.74. The SMILES string of the molecule is CC(Nc1cnn(C(C)C)c(=O)c1Br)c1ccc(Br)cc1. The van der Waals surface area contributed by atoms with Crippen LogP contribution in [0, 0.1) is 0 Å². The Bertz CT molecular complexity index is 680. The highest BCUT2D eigenvalue weighted by atomic mass is 79.9. The first-order valence-electron chi connectivity index (χ1n) is 6.69. The normalized spacial score (nSPS) is 12.5. The molecule has 1 unspecified atom stereocenters. The van der Waals surface area contributed by atoms with E-state index in [1.54, 1.807) is 6.20 Å². The van der Waals surface area contributed by atoms with Crippen molar-refractivity contribution in [3.8, 4) is 0 Å². The van der Waals surface area contributed by atoms with Gasteiger partial charge in [0.2, 0.25) is 0 Å². The molecule has 1 aromatic heterocycles. The first kappa shape index (κ1) is 16.2. The number of nitrogens with zero attached hydrogens (tertiary/aromatic N) is 2. The summed E-state index contributed by atoms with van der Waals surface area (Å²) >= 11 is 6.79. The molecule has 0 fully saturated rings. The van der Waals surface area contributed by atoms with Gasteiger partial charge >= 0.3 is 0 Å². The lowest BCUT2D eigenvalue weighted by atomic mass is 10.1. The minimum absolute atomic E-state index is 0.0340. The lowest BCUT2D eigenvalue weighted by molar-refractivity contribution is 0.501. The van der Waals surface area contributed by atoms with Gasteiger partial charge in [0, 0.05) is 10.5 Å². The predicted molar refractivity (Wildman–Crippen MR) is 92.8 cm³/mol. The number of hydrogen-bond acceptors (Lipinski definition) is 3. The van der Waals surface area contributed by atoms with Gasteiger partial charge in [-0.25, -0.2) is 4.68 Å². The van der Waals surface area contributed by atoms with Gasteiger partial charge in [-0.2, -0.15) is 5.10 Å². The highest BCUT2D eigenvalue weighted by Gasteiger charge is 2.13. The Morgan fingerprint density at radius 2 is 1.76 bits per heavy atom. The Hall–Kier alpha value is -1.14. The Balaban J connectivity index is 2.26. The summed E-state index contributed by atoms with van der Waals surface area (Å²) in [6, 6.07) is 8.18. The molecule has 0 aliphatic rings. The minimum atomic E-state index is -0.127. The maximum absolute atomic E-state index is 12.2. The summed E-state index contributed by atoms with van der Waals surface area (Å²) < 4.78 is 3.01. The fourth-order valence-corrected chi connectivity index (χ4v) is 2.64. The van der Waals surface area contributed by atoms with Crippen LogP contribution in [-0.2, 0) is 0 Å². The fraction of sp³-hybridized carbons (Fsp3) is 0.333. The van der Waals surface area contributed by atoms with E-state index in [1.807, 2.05) is 45.0 Å². The lowest BCUT2D eigenvalue weighted by Gasteiger charge is -2.18. The zero-order valence-corrected chi connectivity index (χ0v) is 15.3. The molecule has 0 saturated heterocycles. The first-order chi connectivity index (χ1) is 9.90. The van der Waals surface area contributed by atoms with Crippen molar-refractivity contribution in [2.24, 2.45) is 0 Å². The Labute approximate surface area is 140 Å². The van der Waals surface area contributed by atoms with Crippen molar-refractivity contribution < 1.29 is 0 Å². The van der Waals surface area contributed by atoms with E-state index in [0.717, 1.165) is 10.0 Å². The van der Waals surface area contributed by atoms with Gasteiger partial charge in [0.15, 0.2) is 0 Å². The van der Waals surface area contributed by atoms with Gasteiger partial charge in [-0.3, -0.25) is 4.79 Å². The standard InChI is InChI=1S/C15H17Br2N3O/c1-9(2)20-15(21)14(17)13(8-18-20)19-10(3)11-4-6-12(16)7-5-11/h4-10,19H,1-3H3. The van der Waals surface area contributed by atoms with Gasteiger partial charge in [-0.1, -0.05) is 28.1 Å². The zero-order valence-electron chi connectivity index (χ0n) is 12.1. The van der Waals surface area contributed by atoms with Crippen molar-refractivity contribution in [3.63, 3.8) is 0 Å². The molecular formula is C15H17Br2N3O. The molecule has 0 spiro atoms. The summed E-state index contributed by atoms with van der Waals surface area (Å²) in [4.78, 5) is 12.2. The largest absolute Gasteiger partial charge is 0.376 e. The molecular weight excluding hydrogens is 398 g/mol. The molecule has 6 heteroatoms. The van der Waals surface area contributed by atoms with E-state index < -0.39 is 0 Å². The molecule has 1 aromatic carbocycles. The monoisotopic (exact) mass is 413 g/mol. The Morgan fingerprint density at radius 3 is 2.33 bits per heavy atom. The second-order valence-electron chi connectivity index (χ2n) is 5.13. The zero-order chi connectivity index (χ0) is 15.6. The average molecular weight is 415 g/mol. The summed E-state index contributed by atoms with van der Waals surface area (Å²) in [5.41, 5.74) is 1.71. The van der Waals surface area contributed by atoms with Crippen LogP contribution < -0.4 is 10.9 Å². The maximum Gasteiger partial charge on any atom is 0.283 e. The second kappa shape index (κ2) is 6.75. The topological polar surface area (TPSA) is 46.9 Å². The number of halogens is 2. The first-order valence-corrected chi connectivity index (χ1v) is 8.28. The number of rotatable bonds is 4. The molecule has 1 heterocycles. The van der Waals surface area contributed by atoms with Gasteiger partial charge < -0.3 is 5.32 Å². The summed E-state index contributed by atoms with van der Waals surface area (Å²) in [7, 11) is 0. The average Bonchev–Trinajstić information content (AvgIpc) is 2.44. The van der Waals surface area contributed by atoms with Gasteiger partial charge in [-0.05, 0) is 54.4 Å². The number of hydrogen-bond donors (Lipinski definition) is 1. The van der Waals surface area contributed by atoms with Crippen LogP contribution in [0.1, 0.15) is 38.4 Å². The summed E-state index contributed by atoms with van der Waals surface area (Å²) in [5, 5.41) is 7.52. The highest BCUT2D eigenvalue weighted by molar-refractivity contribution is 9.10. The molecule has 2 aromatic rings. The van der Waals surface area contributed by atoms with Crippen LogP contribution in [-0.4, -0.2) is 9.78 Å². The molecule has 2 rings (SSSR count). The van der Waals surface area contributed by atoms with Crippen molar-refractivity contribution >= 4 is 37.5 Å². The smallest absolute Gasteiger partial charge is 0.283 e. The fourth-order valence-electron chi connectivity index (χ4n) is 1.98. The maximum atomic E-state index is 12.2. The van der Waals surface area contributed by atoms with Crippen LogP contribution in [0.25, 0.3) is 0 Å². The number of anilines is 1. The summed E-state index contributed by atoms with van der Waals surface area (Å²) in [6.07, 6.45) is 1.68. The van der Waals surface area contributed by atoms with Crippen LogP contribution >= 0.6 is 31.9 Å². The highest BCUT2D eigenvalue weighted by Crippen LogP contribution is 2.24. The molecule has 112 valence electrons. The molecule has 21 heavy (non-hydrogen) atoms. The van der Waals surface area contributed by atoms with Gasteiger partial charge in [0.1, 0.15) is 4.47 Å². The molecule has 1 N–H and O–H groups in total. The van der Waals surface area contributed by atoms with Gasteiger partial charge in [0.05, 0.1) is 17.9 Å². The van der Waals surface area contributed by atoms with Crippen LogP contribution in [0.2, 0.25) is 0 Å². The number of nitrogens with one attached hydrogen (secondary N) is 1. The number of benzene rings is 1. The van der Waals surface area contributed by atoms with E-state index in [2.05, 4.69) is 42.3 Å². The van der Waals surface area contributed by atoms with E-state index in [1.165, 1.54) is 4.68 Å². The summed E-state index contributed by atoms with van der Waals surface area (Å²) in [5.74, 6) is 0. The predicted octanol–water partition coefficient (Wildman–Crippen LogP) is 4.52. The van der Waals surface area contributed by atoms with Crippen LogP contribution in [0.5, 0.6) is 0 Å². The molecule has 0 aliphatic carbocycles. The van der Waals surface area contributed by atoms with Crippen molar-refractivity contribution in [2.75, 3.05) is 5.32 Å². The van der Waals surface area contributed by atoms with Gasteiger partial charge in [-0.15, -0.1) is 0 Å². The van der Waals surface area contributed by atoms with E-state index >= 15 is 0 Å². The van der Waals surface area contributed by atoms with E-state index in [4.69, 9.17) is 0 Å². The van der Waals surface area contributed by atoms with Crippen molar-refractivity contribution in [1.82, 2.24) is 9.78 Å². The van der Waals surface area contributed by atoms with E-state index in [9.17, 15) is 4.79 Å². The quantitative estimate of drug-likeness (QED) is 0.799. The third-order valence-corrected chi connectivity index (χ3v) is 4.47. The number of aromatic nitrogens is 2. The van der Waals surface area contributed by atoms with Crippen LogP contribution in [0.4, 0.5) is 5.69 Å². The van der Waals surface area contributed by atoms with Crippen molar-refractivity contribution in [2.45, 2.75) is 32.9 Å². The second-order valence-corrected chi connectivity index (χ2v) is 6.84. The molecule has 0 saturated carbocycles. The molecule has 0 bridgehead atoms. The molecule has 4 nitrogen and oxygen atoms in total. The molecule has 0 radical (unpaired) electrons.